The van der Waals surface area contributed by atoms with Crippen LogP contribution in [-0.2, 0) is 12.3 Å². The molecule has 0 aliphatic heterocycles. The highest BCUT2D eigenvalue weighted by atomic mass is 35.5. The Morgan fingerprint density at radius 1 is 1.38 bits per heavy atom. The van der Waals surface area contributed by atoms with Crippen molar-refractivity contribution in [2.45, 2.75) is 24.4 Å². The van der Waals surface area contributed by atoms with E-state index in [0.717, 1.165) is 16.5 Å². The summed E-state index contributed by atoms with van der Waals surface area (Å²) in [5.41, 5.74) is 1.61. The molecule has 1 N–H and O–H groups in total. The van der Waals surface area contributed by atoms with Gasteiger partial charge in [-0.2, -0.15) is 0 Å². The van der Waals surface area contributed by atoms with Gasteiger partial charge in [-0.1, -0.05) is 41.6 Å². The normalized spacial score (nSPS) is 11.1. The minimum atomic E-state index is -0.192. The number of pyridine rings is 1. The summed E-state index contributed by atoms with van der Waals surface area (Å²) < 4.78 is 1.59. The van der Waals surface area contributed by atoms with E-state index < -0.39 is 0 Å². The number of fused-ring (bicyclic) bond motifs is 1. The van der Waals surface area contributed by atoms with E-state index in [-0.39, 0.29) is 5.69 Å². The molecule has 3 rings (SSSR count). The molecule has 0 fully saturated rings. The Labute approximate surface area is 130 Å². The highest BCUT2D eigenvalue weighted by molar-refractivity contribution is 7.98. The maximum atomic E-state index is 11.5. The quantitative estimate of drug-likeness (QED) is 0.592. The van der Waals surface area contributed by atoms with Crippen LogP contribution in [0.15, 0.2) is 40.3 Å². The lowest BCUT2D eigenvalue weighted by atomic mass is 10.2. The van der Waals surface area contributed by atoms with E-state index in [1.807, 2.05) is 37.3 Å². The summed E-state index contributed by atoms with van der Waals surface area (Å²) in [4.78, 5) is 15.9. The number of H-pyrrole nitrogens is 1. The lowest BCUT2D eigenvalue weighted by molar-refractivity contribution is 0.660. The molecule has 7 heteroatoms. The van der Waals surface area contributed by atoms with Crippen molar-refractivity contribution < 1.29 is 0 Å². The molecule has 3 aromatic rings. The third-order valence-electron chi connectivity index (χ3n) is 3.15. The third-order valence-corrected chi connectivity index (χ3v) is 4.50. The lowest BCUT2D eigenvalue weighted by Gasteiger charge is -2.06. The molecular formula is C14H13ClN4OS. The smallest absolute Gasteiger partial charge is 0.270 e. The average Bonchev–Trinajstić information content (AvgIpc) is 2.85. The molecule has 0 saturated carbocycles. The van der Waals surface area contributed by atoms with Crippen LogP contribution >= 0.6 is 23.4 Å². The van der Waals surface area contributed by atoms with Crippen molar-refractivity contribution in [3.63, 3.8) is 0 Å². The predicted molar refractivity (Wildman–Crippen MR) is 84.8 cm³/mol. The zero-order valence-electron chi connectivity index (χ0n) is 11.3. The molecule has 0 aliphatic carbocycles. The summed E-state index contributed by atoms with van der Waals surface area (Å²) in [5, 5.41) is 8.67. The molecule has 21 heavy (non-hydrogen) atoms. The topological polar surface area (TPSA) is 63.6 Å². The van der Waals surface area contributed by atoms with Gasteiger partial charge in [0, 0.05) is 23.2 Å². The predicted octanol–water partition coefficient (Wildman–Crippen LogP) is 3.09. The first-order valence-corrected chi connectivity index (χ1v) is 7.87. The molecule has 2 aromatic heterocycles. The molecule has 0 unspecified atom stereocenters. The number of nitrogens with zero attached hydrogens (tertiary/aromatic N) is 3. The van der Waals surface area contributed by atoms with E-state index in [2.05, 4.69) is 15.2 Å². The zero-order valence-corrected chi connectivity index (χ0v) is 12.9. The molecule has 5 nitrogen and oxygen atoms in total. The SMILES string of the molecule is CCn1c(SCc2cc3ccccc3nc2Cl)n[nH]c1=O. The molecule has 0 atom stereocenters. The number of aromatic nitrogens is 4. The van der Waals surface area contributed by atoms with Crippen LogP contribution < -0.4 is 5.69 Å². The number of benzene rings is 1. The van der Waals surface area contributed by atoms with Crippen molar-refractivity contribution in [2.75, 3.05) is 0 Å². The number of thioether (sulfide) groups is 1. The average molecular weight is 321 g/mol. The van der Waals surface area contributed by atoms with Crippen molar-refractivity contribution in [1.29, 1.82) is 0 Å². The Hall–Kier alpha value is -1.79. The number of nitrogens with one attached hydrogen (secondary N) is 1. The van der Waals surface area contributed by atoms with Crippen LogP contribution in [0.3, 0.4) is 0 Å². The monoisotopic (exact) mass is 320 g/mol. The van der Waals surface area contributed by atoms with E-state index in [4.69, 9.17) is 11.6 Å². The minimum Gasteiger partial charge on any atom is -0.270 e. The molecule has 108 valence electrons. The summed E-state index contributed by atoms with van der Waals surface area (Å²) >= 11 is 7.69. The van der Waals surface area contributed by atoms with Gasteiger partial charge in [0.05, 0.1) is 5.52 Å². The van der Waals surface area contributed by atoms with Gasteiger partial charge in [-0.3, -0.25) is 4.57 Å². The molecule has 0 saturated heterocycles. The molecule has 0 spiro atoms. The molecule has 0 bridgehead atoms. The summed E-state index contributed by atoms with van der Waals surface area (Å²) in [6.45, 7) is 2.49. The summed E-state index contributed by atoms with van der Waals surface area (Å²) in [7, 11) is 0. The Kier molecular flexibility index (Phi) is 3.98. The fraction of sp³-hybridized carbons (Fsp3) is 0.214. The van der Waals surface area contributed by atoms with Gasteiger partial charge in [-0.25, -0.2) is 14.9 Å². The number of hydrogen-bond acceptors (Lipinski definition) is 4. The fourth-order valence-electron chi connectivity index (χ4n) is 2.07. The second-order valence-electron chi connectivity index (χ2n) is 4.48. The van der Waals surface area contributed by atoms with Gasteiger partial charge in [0.2, 0.25) is 0 Å². The van der Waals surface area contributed by atoms with Crippen molar-refractivity contribution in [2.24, 2.45) is 0 Å². The van der Waals surface area contributed by atoms with Crippen LogP contribution in [0.5, 0.6) is 0 Å². The van der Waals surface area contributed by atoms with Gasteiger partial charge in [-0.15, -0.1) is 5.10 Å². The Morgan fingerprint density at radius 3 is 3.00 bits per heavy atom. The summed E-state index contributed by atoms with van der Waals surface area (Å²) in [6.07, 6.45) is 0. The van der Waals surface area contributed by atoms with Crippen LogP contribution in [0.2, 0.25) is 5.15 Å². The zero-order chi connectivity index (χ0) is 14.8. The van der Waals surface area contributed by atoms with Gasteiger partial charge in [0.25, 0.3) is 0 Å². The highest BCUT2D eigenvalue weighted by Gasteiger charge is 2.10. The number of para-hydroxylation sites is 1. The van der Waals surface area contributed by atoms with Crippen LogP contribution in [0.1, 0.15) is 12.5 Å². The van der Waals surface area contributed by atoms with E-state index in [0.29, 0.717) is 22.6 Å². The third kappa shape index (κ3) is 2.82. The van der Waals surface area contributed by atoms with Crippen LogP contribution in [0, 0.1) is 0 Å². The van der Waals surface area contributed by atoms with Crippen molar-refractivity contribution >= 4 is 34.3 Å². The van der Waals surface area contributed by atoms with Gasteiger partial charge in [0.15, 0.2) is 5.16 Å². The maximum absolute atomic E-state index is 11.5. The van der Waals surface area contributed by atoms with E-state index in [9.17, 15) is 4.79 Å². The largest absolute Gasteiger partial charge is 0.343 e. The Balaban J connectivity index is 1.88. The van der Waals surface area contributed by atoms with Crippen LogP contribution in [0.4, 0.5) is 0 Å². The van der Waals surface area contributed by atoms with E-state index in [1.54, 1.807) is 4.57 Å². The second-order valence-corrected chi connectivity index (χ2v) is 5.78. The number of aromatic amines is 1. The maximum Gasteiger partial charge on any atom is 0.343 e. The van der Waals surface area contributed by atoms with Gasteiger partial charge < -0.3 is 0 Å². The molecular weight excluding hydrogens is 308 g/mol. The molecule has 2 heterocycles. The second kappa shape index (κ2) is 5.91. The van der Waals surface area contributed by atoms with Gasteiger partial charge in [-0.05, 0) is 19.1 Å². The van der Waals surface area contributed by atoms with E-state index in [1.165, 1.54) is 11.8 Å². The Bertz CT molecular complexity index is 842. The molecule has 0 radical (unpaired) electrons. The fourth-order valence-corrected chi connectivity index (χ4v) is 3.35. The minimum absolute atomic E-state index is 0.192. The van der Waals surface area contributed by atoms with E-state index >= 15 is 0 Å². The highest BCUT2D eigenvalue weighted by Crippen LogP contribution is 2.26. The van der Waals surface area contributed by atoms with Gasteiger partial charge >= 0.3 is 5.69 Å². The number of hydrogen-bond donors (Lipinski definition) is 1. The molecule has 1 aromatic carbocycles. The summed E-state index contributed by atoms with van der Waals surface area (Å²) in [6, 6.07) is 9.86. The van der Waals surface area contributed by atoms with Crippen molar-refractivity contribution in [1.82, 2.24) is 19.7 Å². The first-order chi connectivity index (χ1) is 10.2. The van der Waals surface area contributed by atoms with Crippen LogP contribution in [-0.4, -0.2) is 19.7 Å². The first kappa shape index (κ1) is 14.2. The number of rotatable bonds is 4. The lowest BCUT2D eigenvalue weighted by Crippen LogP contribution is -2.16. The van der Waals surface area contributed by atoms with Crippen LogP contribution in [0.25, 0.3) is 10.9 Å². The summed E-state index contributed by atoms with van der Waals surface area (Å²) in [5.74, 6) is 0.612. The number of halogens is 1. The molecule has 0 aliphatic rings. The van der Waals surface area contributed by atoms with Crippen molar-refractivity contribution in [3.8, 4) is 0 Å². The van der Waals surface area contributed by atoms with Crippen molar-refractivity contribution in [3.05, 3.63) is 51.5 Å². The van der Waals surface area contributed by atoms with Gasteiger partial charge in [0.1, 0.15) is 5.15 Å². The molecule has 0 amide bonds. The first-order valence-electron chi connectivity index (χ1n) is 6.51. The standard InChI is InChI=1S/C14H13ClN4OS/c1-2-19-13(20)17-18-14(19)21-8-10-7-9-5-3-4-6-11(9)16-12(10)15/h3-7H,2,8H2,1H3,(H,17,20). The Morgan fingerprint density at radius 2 is 2.19 bits per heavy atom.